The second kappa shape index (κ2) is 4.87. The molecule has 0 fully saturated rings. The minimum Gasteiger partial charge on any atom is -0.478 e. The molecule has 1 N–H and O–H groups in total. The lowest BCUT2D eigenvalue weighted by Gasteiger charge is -2.18. The fraction of sp³-hybridized carbons (Fsp3) is 0.143. The molecule has 0 saturated heterocycles. The highest BCUT2D eigenvalue weighted by Gasteiger charge is 2.11. The van der Waals surface area contributed by atoms with E-state index in [1.165, 1.54) is 6.20 Å². The summed E-state index contributed by atoms with van der Waals surface area (Å²) in [5.41, 5.74) is 1.95. The Bertz CT molecular complexity index is 567. The summed E-state index contributed by atoms with van der Waals surface area (Å²) in [6.45, 7) is 1.77. The average molecular weight is 242 g/mol. The molecule has 1 aromatic carbocycles. The van der Waals surface area contributed by atoms with Crippen LogP contribution in [0.4, 0.5) is 11.5 Å². The van der Waals surface area contributed by atoms with Gasteiger partial charge in [0.05, 0.1) is 5.56 Å². The van der Waals surface area contributed by atoms with Crippen LogP contribution in [0.5, 0.6) is 0 Å². The number of aromatic nitrogens is 1. The molecule has 0 radical (unpaired) electrons. The molecule has 92 valence electrons. The number of pyridine rings is 1. The number of para-hydroxylation sites is 1. The third-order valence-electron chi connectivity index (χ3n) is 2.81. The third-order valence-corrected chi connectivity index (χ3v) is 2.81. The molecule has 0 spiro atoms. The maximum absolute atomic E-state index is 10.9. The van der Waals surface area contributed by atoms with E-state index >= 15 is 0 Å². The van der Waals surface area contributed by atoms with Crippen LogP contribution in [0.3, 0.4) is 0 Å². The molecule has 0 aliphatic rings. The lowest BCUT2D eigenvalue weighted by molar-refractivity contribution is 0.0695. The SMILES string of the molecule is Cc1cc(N(C)c2ccccc2)ncc1C(=O)O. The monoisotopic (exact) mass is 242 g/mol. The van der Waals surface area contributed by atoms with Crippen LogP contribution in [0.1, 0.15) is 15.9 Å². The van der Waals surface area contributed by atoms with Crippen molar-refractivity contribution in [3.63, 3.8) is 0 Å². The number of aryl methyl sites for hydroxylation is 1. The number of carbonyl (C=O) groups is 1. The van der Waals surface area contributed by atoms with Crippen LogP contribution in [0.25, 0.3) is 0 Å². The molecular formula is C14H14N2O2. The first-order chi connectivity index (χ1) is 8.59. The van der Waals surface area contributed by atoms with E-state index in [1.54, 1.807) is 13.0 Å². The van der Waals surface area contributed by atoms with E-state index in [0.717, 1.165) is 11.5 Å². The Balaban J connectivity index is 2.35. The Labute approximate surface area is 106 Å². The zero-order valence-electron chi connectivity index (χ0n) is 10.3. The van der Waals surface area contributed by atoms with Crippen molar-refractivity contribution in [3.8, 4) is 0 Å². The van der Waals surface area contributed by atoms with Gasteiger partial charge in [0.15, 0.2) is 0 Å². The van der Waals surface area contributed by atoms with E-state index < -0.39 is 5.97 Å². The van der Waals surface area contributed by atoms with Gasteiger partial charge in [-0.2, -0.15) is 0 Å². The number of rotatable bonds is 3. The summed E-state index contributed by atoms with van der Waals surface area (Å²) >= 11 is 0. The predicted octanol–water partition coefficient (Wildman–Crippen LogP) is 2.86. The lowest BCUT2D eigenvalue weighted by atomic mass is 10.1. The van der Waals surface area contributed by atoms with Crippen LogP contribution in [-0.2, 0) is 0 Å². The predicted molar refractivity (Wildman–Crippen MR) is 70.4 cm³/mol. The van der Waals surface area contributed by atoms with E-state index in [1.807, 2.05) is 42.3 Å². The van der Waals surface area contributed by atoms with Crippen molar-refractivity contribution in [1.82, 2.24) is 4.98 Å². The van der Waals surface area contributed by atoms with Crippen LogP contribution >= 0.6 is 0 Å². The number of carboxylic acid groups (broad SMARTS) is 1. The molecule has 1 aromatic heterocycles. The van der Waals surface area contributed by atoms with Gasteiger partial charge in [-0.1, -0.05) is 18.2 Å². The Morgan fingerprint density at radius 3 is 2.50 bits per heavy atom. The van der Waals surface area contributed by atoms with Gasteiger partial charge in [0, 0.05) is 18.9 Å². The van der Waals surface area contributed by atoms with E-state index in [4.69, 9.17) is 5.11 Å². The molecule has 4 nitrogen and oxygen atoms in total. The molecule has 0 bridgehead atoms. The Morgan fingerprint density at radius 1 is 1.28 bits per heavy atom. The Morgan fingerprint density at radius 2 is 1.94 bits per heavy atom. The quantitative estimate of drug-likeness (QED) is 0.899. The van der Waals surface area contributed by atoms with Crippen LogP contribution in [0.2, 0.25) is 0 Å². The second-order valence-electron chi connectivity index (χ2n) is 4.06. The van der Waals surface area contributed by atoms with E-state index in [-0.39, 0.29) is 5.56 Å². The molecule has 0 aliphatic carbocycles. The van der Waals surface area contributed by atoms with Crippen LogP contribution < -0.4 is 4.90 Å². The average Bonchev–Trinajstić information content (AvgIpc) is 2.38. The highest BCUT2D eigenvalue weighted by atomic mass is 16.4. The molecular weight excluding hydrogens is 228 g/mol. The van der Waals surface area contributed by atoms with Crippen LogP contribution in [0, 0.1) is 6.92 Å². The summed E-state index contributed by atoms with van der Waals surface area (Å²) in [6.07, 6.45) is 1.40. The Kier molecular flexibility index (Phi) is 3.28. The second-order valence-corrected chi connectivity index (χ2v) is 4.06. The topological polar surface area (TPSA) is 53.4 Å². The highest BCUT2D eigenvalue weighted by molar-refractivity contribution is 5.89. The standard InChI is InChI=1S/C14H14N2O2/c1-10-8-13(15-9-12(10)14(17)18)16(2)11-6-4-3-5-7-11/h3-9H,1-2H3,(H,17,18). The van der Waals surface area contributed by atoms with Crippen molar-refractivity contribution in [3.05, 3.63) is 53.7 Å². The molecule has 2 rings (SSSR count). The largest absolute Gasteiger partial charge is 0.478 e. The number of hydrogen-bond donors (Lipinski definition) is 1. The van der Waals surface area contributed by atoms with Gasteiger partial charge in [0.1, 0.15) is 5.82 Å². The molecule has 18 heavy (non-hydrogen) atoms. The number of anilines is 2. The van der Waals surface area contributed by atoms with Crippen LogP contribution in [-0.4, -0.2) is 23.1 Å². The van der Waals surface area contributed by atoms with Gasteiger partial charge in [-0.15, -0.1) is 0 Å². The first kappa shape index (κ1) is 12.1. The molecule has 0 unspecified atom stereocenters. The third kappa shape index (κ3) is 2.32. The minimum atomic E-state index is -0.950. The van der Waals surface area contributed by atoms with E-state index in [0.29, 0.717) is 5.56 Å². The zero-order chi connectivity index (χ0) is 13.1. The summed E-state index contributed by atoms with van der Waals surface area (Å²) in [5, 5.41) is 8.96. The van der Waals surface area contributed by atoms with Gasteiger partial charge < -0.3 is 10.0 Å². The van der Waals surface area contributed by atoms with Crippen molar-refractivity contribution in [2.75, 3.05) is 11.9 Å². The van der Waals surface area contributed by atoms with E-state index in [9.17, 15) is 4.79 Å². The summed E-state index contributed by atoms with van der Waals surface area (Å²) < 4.78 is 0. The first-order valence-corrected chi connectivity index (χ1v) is 5.58. The number of hydrogen-bond acceptors (Lipinski definition) is 3. The number of benzene rings is 1. The van der Waals surface area contributed by atoms with Gasteiger partial charge >= 0.3 is 5.97 Å². The van der Waals surface area contributed by atoms with E-state index in [2.05, 4.69) is 4.98 Å². The molecule has 0 saturated carbocycles. The van der Waals surface area contributed by atoms with Gasteiger partial charge in [-0.25, -0.2) is 9.78 Å². The van der Waals surface area contributed by atoms with Gasteiger partial charge in [0.25, 0.3) is 0 Å². The van der Waals surface area contributed by atoms with Gasteiger partial charge in [-0.3, -0.25) is 0 Å². The maximum atomic E-state index is 10.9. The molecule has 1 heterocycles. The summed E-state index contributed by atoms with van der Waals surface area (Å²) in [6, 6.07) is 11.6. The lowest BCUT2D eigenvalue weighted by Crippen LogP contribution is -2.12. The zero-order valence-corrected chi connectivity index (χ0v) is 10.3. The van der Waals surface area contributed by atoms with Crippen molar-refractivity contribution >= 4 is 17.5 Å². The molecule has 4 heteroatoms. The first-order valence-electron chi connectivity index (χ1n) is 5.58. The van der Waals surface area contributed by atoms with Crippen LogP contribution in [0.15, 0.2) is 42.6 Å². The van der Waals surface area contributed by atoms with Gasteiger partial charge in [-0.05, 0) is 30.7 Å². The summed E-state index contributed by atoms with van der Waals surface area (Å²) in [4.78, 5) is 17.0. The van der Waals surface area contributed by atoms with Crippen molar-refractivity contribution in [2.45, 2.75) is 6.92 Å². The molecule has 0 atom stereocenters. The Hall–Kier alpha value is -2.36. The molecule has 0 amide bonds. The van der Waals surface area contributed by atoms with Gasteiger partial charge in [0.2, 0.25) is 0 Å². The number of carboxylic acids is 1. The number of aromatic carboxylic acids is 1. The molecule has 0 aliphatic heterocycles. The number of nitrogens with zero attached hydrogens (tertiary/aromatic N) is 2. The van der Waals surface area contributed by atoms with Crippen molar-refractivity contribution in [1.29, 1.82) is 0 Å². The minimum absolute atomic E-state index is 0.236. The smallest absolute Gasteiger partial charge is 0.337 e. The fourth-order valence-corrected chi connectivity index (χ4v) is 1.73. The normalized spacial score (nSPS) is 10.1. The van der Waals surface area contributed by atoms with Crippen molar-refractivity contribution < 1.29 is 9.90 Å². The maximum Gasteiger partial charge on any atom is 0.337 e. The summed E-state index contributed by atoms with van der Waals surface area (Å²) in [7, 11) is 1.90. The van der Waals surface area contributed by atoms with Crippen molar-refractivity contribution in [2.24, 2.45) is 0 Å². The fourth-order valence-electron chi connectivity index (χ4n) is 1.73. The highest BCUT2D eigenvalue weighted by Crippen LogP contribution is 2.22. The molecule has 2 aromatic rings. The summed E-state index contributed by atoms with van der Waals surface area (Å²) in [5.74, 6) is -0.224.